The third-order valence-electron chi connectivity index (χ3n) is 3.44. The lowest BCUT2D eigenvalue weighted by Crippen LogP contribution is -2.33. The Hall–Kier alpha value is -3.03. The van der Waals surface area contributed by atoms with Gasteiger partial charge in [-0.2, -0.15) is 0 Å². The van der Waals surface area contributed by atoms with E-state index in [9.17, 15) is 19.7 Å². The number of carboxylic acid groups (broad SMARTS) is 1. The Kier molecular flexibility index (Phi) is 4.85. The number of nitro groups is 1. The van der Waals surface area contributed by atoms with Gasteiger partial charge in [0, 0.05) is 25.4 Å². The van der Waals surface area contributed by atoms with E-state index in [0.717, 1.165) is 0 Å². The van der Waals surface area contributed by atoms with E-state index in [1.54, 1.807) is 13.0 Å². The monoisotopic (exact) mass is 317 g/mol. The van der Waals surface area contributed by atoms with Crippen LogP contribution in [0.4, 0.5) is 5.69 Å². The van der Waals surface area contributed by atoms with Gasteiger partial charge in [-0.25, -0.2) is 0 Å². The summed E-state index contributed by atoms with van der Waals surface area (Å²) in [6.45, 7) is 2.13. The van der Waals surface area contributed by atoms with Crippen molar-refractivity contribution in [3.63, 3.8) is 0 Å². The highest BCUT2D eigenvalue weighted by atomic mass is 16.6. The number of benzene rings is 1. The number of amides is 1. The third kappa shape index (κ3) is 3.42. The van der Waals surface area contributed by atoms with Crippen molar-refractivity contribution in [1.29, 1.82) is 0 Å². The van der Waals surface area contributed by atoms with Gasteiger partial charge >= 0.3 is 5.97 Å². The summed E-state index contributed by atoms with van der Waals surface area (Å²) >= 11 is 0. The summed E-state index contributed by atoms with van der Waals surface area (Å²) in [6, 6.07) is 5.72. The molecule has 1 aromatic carbocycles. The van der Waals surface area contributed by atoms with E-state index in [2.05, 4.69) is 4.98 Å². The molecule has 0 saturated carbocycles. The Morgan fingerprint density at radius 1 is 1.35 bits per heavy atom. The van der Waals surface area contributed by atoms with Gasteiger partial charge in [-0.1, -0.05) is 0 Å². The van der Waals surface area contributed by atoms with Crippen molar-refractivity contribution in [2.45, 2.75) is 13.3 Å². The second-order valence-electron chi connectivity index (χ2n) is 4.82. The molecule has 1 aromatic heterocycles. The van der Waals surface area contributed by atoms with Crippen LogP contribution in [0.25, 0.3) is 10.9 Å². The molecular weight excluding hydrogens is 302 g/mol. The van der Waals surface area contributed by atoms with E-state index in [1.165, 1.54) is 29.3 Å². The van der Waals surface area contributed by atoms with Crippen LogP contribution in [-0.2, 0) is 4.79 Å². The third-order valence-corrected chi connectivity index (χ3v) is 3.44. The van der Waals surface area contributed by atoms with Gasteiger partial charge in [0.1, 0.15) is 0 Å². The minimum Gasteiger partial charge on any atom is -0.481 e. The zero-order valence-corrected chi connectivity index (χ0v) is 12.4. The average molecular weight is 317 g/mol. The van der Waals surface area contributed by atoms with Crippen LogP contribution in [0.1, 0.15) is 23.7 Å². The van der Waals surface area contributed by atoms with Crippen LogP contribution >= 0.6 is 0 Å². The molecule has 0 spiro atoms. The molecule has 0 atom stereocenters. The number of rotatable bonds is 6. The summed E-state index contributed by atoms with van der Waals surface area (Å²) in [5.74, 6) is -1.39. The molecular formula is C15H15N3O5. The number of carboxylic acids is 1. The molecule has 0 aliphatic carbocycles. The lowest BCUT2D eigenvalue weighted by atomic mass is 10.1. The van der Waals surface area contributed by atoms with Gasteiger partial charge in [-0.3, -0.25) is 24.7 Å². The first kappa shape index (κ1) is 16.3. The fourth-order valence-electron chi connectivity index (χ4n) is 2.29. The number of aromatic nitrogens is 1. The molecule has 0 fully saturated rings. The standard InChI is InChI=1S/C15H15N3O5/c1-2-17(9-7-13(19)20)15(21)11-5-6-12(18(22)23)10-4-3-8-16-14(10)11/h3-6,8H,2,7,9H2,1H3,(H,19,20). The quantitative estimate of drug-likeness (QED) is 0.644. The molecule has 1 heterocycles. The van der Waals surface area contributed by atoms with Gasteiger partial charge in [0.15, 0.2) is 0 Å². The smallest absolute Gasteiger partial charge is 0.305 e. The summed E-state index contributed by atoms with van der Waals surface area (Å²) in [7, 11) is 0. The van der Waals surface area contributed by atoms with E-state index in [-0.39, 0.29) is 35.1 Å². The molecule has 1 N–H and O–H groups in total. The first-order chi connectivity index (χ1) is 11.0. The lowest BCUT2D eigenvalue weighted by molar-refractivity contribution is -0.383. The molecule has 8 heteroatoms. The summed E-state index contributed by atoms with van der Waals surface area (Å²) < 4.78 is 0. The maximum Gasteiger partial charge on any atom is 0.305 e. The predicted molar refractivity (Wildman–Crippen MR) is 82.2 cm³/mol. The van der Waals surface area contributed by atoms with Crippen LogP contribution in [0.5, 0.6) is 0 Å². The zero-order valence-electron chi connectivity index (χ0n) is 12.4. The van der Waals surface area contributed by atoms with Crippen LogP contribution in [0.3, 0.4) is 0 Å². The van der Waals surface area contributed by atoms with E-state index >= 15 is 0 Å². The molecule has 0 radical (unpaired) electrons. The van der Waals surface area contributed by atoms with Gasteiger partial charge in [0.25, 0.3) is 11.6 Å². The van der Waals surface area contributed by atoms with Crippen LogP contribution in [0.15, 0.2) is 30.5 Å². The molecule has 0 aliphatic heterocycles. The summed E-state index contributed by atoms with van der Waals surface area (Å²) in [5.41, 5.74) is 0.331. The largest absolute Gasteiger partial charge is 0.481 e. The number of non-ortho nitro benzene ring substituents is 1. The van der Waals surface area contributed by atoms with Crippen LogP contribution in [-0.4, -0.2) is 44.9 Å². The highest BCUT2D eigenvalue weighted by molar-refractivity contribution is 6.07. The predicted octanol–water partition coefficient (Wildman–Crippen LogP) is 2.08. The highest BCUT2D eigenvalue weighted by Gasteiger charge is 2.22. The Bertz CT molecular complexity index is 775. The minimum absolute atomic E-state index is 0.0655. The molecule has 2 aromatic rings. The number of hydrogen-bond acceptors (Lipinski definition) is 5. The maximum absolute atomic E-state index is 12.6. The SMILES string of the molecule is CCN(CCC(=O)O)C(=O)c1ccc([N+](=O)[O-])c2cccnc12. The normalized spacial score (nSPS) is 10.5. The fraction of sp³-hybridized carbons (Fsp3) is 0.267. The second-order valence-corrected chi connectivity index (χ2v) is 4.82. The average Bonchev–Trinajstić information content (AvgIpc) is 2.53. The topological polar surface area (TPSA) is 114 Å². The molecule has 0 unspecified atom stereocenters. The molecule has 23 heavy (non-hydrogen) atoms. The van der Waals surface area contributed by atoms with Crippen molar-refractivity contribution in [3.8, 4) is 0 Å². The lowest BCUT2D eigenvalue weighted by Gasteiger charge is -2.20. The first-order valence-corrected chi connectivity index (χ1v) is 6.99. The van der Waals surface area contributed by atoms with Crippen molar-refractivity contribution in [1.82, 2.24) is 9.88 Å². The Morgan fingerprint density at radius 2 is 2.09 bits per heavy atom. The number of nitrogens with zero attached hydrogens (tertiary/aromatic N) is 3. The van der Waals surface area contributed by atoms with E-state index in [0.29, 0.717) is 6.54 Å². The van der Waals surface area contributed by atoms with E-state index in [1.807, 2.05) is 0 Å². The number of aliphatic carboxylic acids is 1. The summed E-state index contributed by atoms with van der Waals surface area (Å²) in [6.07, 6.45) is 1.29. The van der Waals surface area contributed by atoms with Gasteiger partial charge in [0.2, 0.25) is 0 Å². The second kappa shape index (κ2) is 6.82. The molecule has 8 nitrogen and oxygen atoms in total. The van der Waals surface area contributed by atoms with Crippen molar-refractivity contribution in [2.24, 2.45) is 0 Å². The van der Waals surface area contributed by atoms with E-state index in [4.69, 9.17) is 5.11 Å². The number of pyridine rings is 1. The molecule has 1 amide bonds. The first-order valence-electron chi connectivity index (χ1n) is 6.99. The summed E-state index contributed by atoms with van der Waals surface area (Å²) in [4.78, 5) is 39.3. The Labute approximate surface area is 131 Å². The zero-order chi connectivity index (χ0) is 17.0. The molecule has 0 aliphatic rings. The molecule has 2 rings (SSSR count). The number of fused-ring (bicyclic) bond motifs is 1. The van der Waals surface area contributed by atoms with Gasteiger partial charge in [-0.15, -0.1) is 0 Å². The number of carbonyl (C=O) groups is 2. The minimum atomic E-state index is -0.997. The Morgan fingerprint density at radius 3 is 2.70 bits per heavy atom. The van der Waals surface area contributed by atoms with Crippen molar-refractivity contribution in [2.75, 3.05) is 13.1 Å². The van der Waals surface area contributed by atoms with Crippen molar-refractivity contribution < 1.29 is 19.6 Å². The van der Waals surface area contributed by atoms with Crippen LogP contribution < -0.4 is 0 Å². The Balaban J connectivity index is 2.47. The molecule has 0 bridgehead atoms. The van der Waals surface area contributed by atoms with Crippen molar-refractivity contribution in [3.05, 3.63) is 46.1 Å². The molecule has 120 valence electrons. The van der Waals surface area contributed by atoms with Gasteiger partial charge in [0.05, 0.1) is 27.8 Å². The van der Waals surface area contributed by atoms with Crippen LogP contribution in [0, 0.1) is 10.1 Å². The number of nitro benzene ring substituents is 1. The number of carbonyl (C=O) groups excluding carboxylic acids is 1. The van der Waals surface area contributed by atoms with Gasteiger partial charge in [-0.05, 0) is 25.1 Å². The summed E-state index contributed by atoms with van der Waals surface area (Å²) in [5, 5.41) is 20.1. The number of hydrogen-bond donors (Lipinski definition) is 1. The maximum atomic E-state index is 12.6. The fourth-order valence-corrected chi connectivity index (χ4v) is 2.29. The molecule has 0 saturated heterocycles. The van der Waals surface area contributed by atoms with Gasteiger partial charge < -0.3 is 10.0 Å². The van der Waals surface area contributed by atoms with Crippen molar-refractivity contribution >= 4 is 28.5 Å². The van der Waals surface area contributed by atoms with Crippen LogP contribution in [0.2, 0.25) is 0 Å². The van der Waals surface area contributed by atoms with E-state index < -0.39 is 16.8 Å². The highest BCUT2D eigenvalue weighted by Crippen LogP contribution is 2.27.